The van der Waals surface area contributed by atoms with E-state index in [1.165, 1.54) is 12.1 Å². The third-order valence-corrected chi connectivity index (χ3v) is 2.81. The van der Waals surface area contributed by atoms with Gasteiger partial charge in [-0.2, -0.15) is 0 Å². The van der Waals surface area contributed by atoms with Crippen molar-refractivity contribution in [3.63, 3.8) is 0 Å². The smallest absolute Gasteiger partial charge is 0.406 e. The van der Waals surface area contributed by atoms with Crippen molar-refractivity contribution in [1.29, 1.82) is 0 Å². The molecule has 0 amide bonds. The summed E-state index contributed by atoms with van der Waals surface area (Å²) in [5.41, 5.74) is 6.45. The lowest BCUT2D eigenvalue weighted by atomic mass is 10.1. The molecule has 0 saturated heterocycles. The highest BCUT2D eigenvalue weighted by Crippen LogP contribution is 2.24. The molecule has 3 N–H and O–H groups in total. The number of halogens is 3. The van der Waals surface area contributed by atoms with Gasteiger partial charge in [-0.25, -0.2) is 0 Å². The van der Waals surface area contributed by atoms with E-state index in [4.69, 9.17) is 10.5 Å². The molecule has 0 heterocycles. The van der Waals surface area contributed by atoms with Gasteiger partial charge in [0.05, 0.1) is 6.10 Å². The van der Waals surface area contributed by atoms with E-state index in [0.29, 0.717) is 13.1 Å². The summed E-state index contributed by atoms with van der Waals surface area (Å²) in [5.74, 6) is -0.248. The van der Waals surface area contributed by atoms with E-state index in [2.05, 4.69) is 10.1 Å². The number of nitrogens with one attached hydrogen (secondary N) is 1. The highest BCUT2D eigenvalue weighted by atomic mass is 19.4. The molecule has 0 spiro atoms. The van der Waals surface area contributed by atoms with Crippen LogP contribution in [0.25, 0.3) is 0 Å². The standard InChI is InChI=1S/C13H19F3N2O2/c1-9(19-2)8-18-12(7-17)10-3-5-11(6-4-10)20-13(14,15)16/h3-6,9,12,18H,7-8,17H2,1-2H3. The van der Waals surface area contributed by atoms with Crippen molar-refractivity contribution in [2.45, 2.75) is 25.4 Å². The van der Waals surface area contributed by atoms with Crippen molar-refractivity contribution in [1.82, 2.24) is 5.32 Å². The highest BCUT2D eigenvalue weighted by molar-refractivity contribution is 5.29. The maximum atomic E-state index is 12.0. The first-order chi connectivity index (χ1) is 9.35. The van der Waals surface area contributed by atoms with Gasteiger partial charge in [0.1, 0.15) is 5.75 Å². The predicted octanol–water partition coefficient (Wildman–Crippen LogP) is 2.21. The zero-order valence-electron chi connectivity index (χ0n) is 11.4. The number of hydrogen-bond donors (Lipinski definition) is 2. The second-order valence-electron chi connectivity index (χ2n) is 4.36. The number of methoxy groups -OCH3 is 1. The number of alkyl halides is 3. The summed E-state index contributed by atoms with van der Waals surface area (Å²) in [6.45, 7) is 2.83. The van der Waals surface area contributed by atoms with Gasteiger partial charge >= 0.3 is 6.36 Å². The van der Waals surface area contributed by atoms with Crippen LogP contribution in [0.15, 0.2) is 24.3 Å². The predicted molar refractivity (Wildman–Crippen MR) is 69.4 cm³/mol. The third kappa shape index (κ3) is 5.77. The Morgan fingerprint density at radius 3 is 2.30 bits per heavy atom. The van der Waals surface area contributed by atoms with Gasteiger partial charge < -0.3 is 20.5 Å². The Morgan fingerprint density at radius 1 is 1.25 bits per heavy atom. The molecule has 0 fully saturated rings. The van der Waals surface area contributed by atoms with Gasteiger partial charge in [-0.3, -0.25) is 0 Å². The molecule has 4 nitrogen and oxygen atoms in total. The van der Waals surface area contributed by atoms with Gasteiger partial charge in [0.25, 0.3) is 0 Å². The summed E-state index contributed by atoms with van der Waals surface area (Å²) >= 11 is 0. The normalized spacial score (nSPS) is 14.9. The average molecular weight is 292 g/mol. The van der Waals surface area contributed by atoms with Crippen LogP contribution in [0.1, 0.15) is 18.5 Å². The molecule has 2 unspecified atom stereocenters. The maximum Gasteiger partial charge on any atom is 0.573 e. The van der Waals surface area contributed by atoms with Crippen LogP contribution in [-0.4, -0.2) is 32.7 Å². The largest absolute Gasteiger partial charge is 0.573 e. The molecule has 20 heavy (non-hydrogen) atoms. The monoisotopic (exact) mass is 292 g/mol. The van der Waals surface area contributed by atoms with Crippen LogP contribution >= 0.6 is 0 Å². The molecule has 1 aromatic rings. The fourth-order valence-corrected chi connectivity index (χ4v) is 1.63. The van der Waals surface area contributed by atoms with Crippen LogP contribution in [0, 0.1) is 0 Å². The Kier molecular flexibility index (Phi) is 6.25. The van der Waals surface area contributed by atoms with Crippen LogP contribution < -0.4 is 15.8 Å². The fourth-order valence-electron chi connectivity index (χ4n) is 1.63. The van der Waals surface area contributed by atoms with E-state index in [9.17, 15) is 13.2 Å². The minimum absolute atomic E-state index is 0.0249. The molecular weight excluding hydrogens is 273 g/mol. The molecule has 1 rings (SSSR count). The molecule has 0 aliphatic heterocycles. The van der Waals surface area contributed by atoms with E-state index in [0.717, 1.165) is 5.56 Å². The van der Waals surface area contributed by atoms with Gasteiger partial charge in [0.2, 0.25) is 0 Å². The van der Waals surface area contributed by atoms with Crippen LogP contribution in [-0.2, 0) is 4.74 Å². The average Bonchev–Trinajstić information content (AvgIpc) is 2.39. The Labute approximate surface area is 116 Å². The molecule has 0 radical (unpaired) electrons. The number of rotatable bonds is 7. The minimum Gasteiger partial charge on any atom is -0.406 e. The first kappa shape index (κ1) is 16.7. The van der Waals surface area contributed by atoms with Gasteiger partial charge in [-0.05, 0) is 24.6 Å². The van der Waals surface area contributed by atoms with Gasteiger partial charge in [0, 0.05) is 26.2 Å². The van der Waals surface area contributed by atoms with E-state index in [1.54, 1.807) is 19.2 Å². The van der Waals surface area contributed by atoms with Crippen molar-refractivity contribution in [2.24, 2.45) is 5.73 Å². The summed E-state index contributed by atoms with van der Waals surface area (Å²) in [5, 5.41) is 3.19. The molecule has 0 saturated carbocycles. The lowest BCUT2D eigenvalue weighted by Crippen LogP contribution is -2.33. The summed E-state index contributed by atoms with van der Waals surface area (Å²) in [4.78, 5) is 0. The first-order valence-corrected chi connectivity index (χ1v) is 6.17. The zero-order valence-corrected chi connectivity index (χ0v) is 11.4. The Bertz CT molecular complexity index is 396. The van der Waals surface area contributed by atoms with Crippen molar-refractivity contribution in [3.8, 4) is 5.75 Å². The van der Waals surface area contributed by atoms with Crippen LogP contribution in [0.3, 0.4) is 0 Å². The lowest BCUT2D eigenvalue weighted by molar-refractivity contribution is -0.274. The Morgan fingerprint density at radius 2 is 1.85 bits per heavy atom. The summed E-state index contributed by atoms with van der Waals surface area (Å²) in [7, 11) is 1.60. The van der Waals surface area contributed by atoms with Crippen molar-refractivity contribution in [2.75, 3.05) is 20.2 Å². The number of ether oxygens (including phenoxy) is 2. The topological polar surface area (TPSA) is 56.5 Å². The summed E-state index contributed by atoms with van der Waals surface area (Å²) in [6.07, 6.45) is -4.65. The summed E-state index contributed by atoms with van der Waals surface area (Å²) < 4.78 is 45.1. The first-order valence-electron chi connectivity index (χ1n) is 6.17. The molecule has 0 bridgehead atoms. The zero-order chi connectivity index (χ0) is 15.2. The lowest BCUT2D eigenvalue weighted by Gasteiger charge is -2.20. The Balaban J connectivity index is 2.65. The van der Waals surface area contributed by atoms with E-state index in [-0.39, 0.29) is 17.9 Å². The maximum absolute atomic E-state index is 12.0. The van der Waals surface area contributed by atoms with Gasteiger partial charge in [-0.15, -0.1) is 13.2 Å². The number of hydrogen-bond acceptors (Lipinski definition) is 4. The van der Waals surface area contributed by atoms with Crippen molar-refractivity contribution in [3.05, 3.63) is 29.8 Å². The molecule has 1 aromatic carbocycles. The van der Waals surface area contributed by atoms with E-state index < -0.39 is 6.36 Å². The molecule has 2 atom stereocenters. The van der Waals surface area contributed by atoms with Crippen LogP contribution in [0.4, 0.5) is 13.2 Å². The van der Waals surface area contributed by atoms with Crippen molar-refractivity contribution < 1.29 is 22.6 Å². The quantitative estimate of drug-likeness (QED) is 0.809. The molecule has 7 heteroatoms. The molecule has 0 aliphatic rings. The second kappa shape index (κ2) is 7.47. The number of nitrogens with two attached hydrogens (primary N) is 1. The minimum atomic E-state index is -4.68. The Hall–Kier alpha value is -1.31. The fraction of sp³-hybridized carbons (Fsp3) is 0.538. The SMILES string of the molecule is COC(C)CNC(CN)c1ccc(OC(F)(F)F)cc1. The van der Waals surface area contributed by atoms with Gasteiger partial charge in [-0.1, -0.05) is 12.1 Å². The molecule has 0 aliphatic carbocycles. The van der Waals surface area contributed by atoms with E-state index >= 15 is 0 Å². The second-order valence-corrected chi connectivity index (χ2v) is 4.36. The van der Waals surface area contributed by atoms with Gasteiger partial charge in [0.15, 0.2) is 0 Å². The molecule has 114 valence electrons. The van der Waals surface area contributed by atoms with Crippen LogP contribution in [0.2, 0.25) is 0 Å². The number of benzene rings is 1. The van der Waals surface area contributed by atoms with Crippen molar-refractivity contribution >= 4 is 0 Å². The molecular formula is C13H19F3N2O2. The van der Waals surface area contributed by atoms with E-state index in [1.807, 2.05) is 6.92 Å². The third-order valence-electron chi connectivity index (χ3n) is 2.81. The van der Waals surface area contributed by atoms with Crippen LogP contribution in [0.5, 0.6) is 5.75 Å². The molecule has 0 aromatic heterocycles. The highest BCUT2D eigenvalue weighted by Gasteiger charge is 2.31. The summed E-state index contributed by atoms with van der Waals surface area (Å²) in [6, 6.07) is 5.51.